The SMILES string of the molecule is CCNC(Cc1ccccc1F)Cc1ccccc1OC. The molecule has 2 aromatic carbocycles. The molecular formula is C18H22FNO. The van der Waals surface area contributed by atoms with E-state index in [1.54, 1.807) is 13.2 Å². The Kier molecular flexibility index (Phi) is 5.76. The molecule has 0 saturated carbocycles. The number of ether oxygens (including phenoxy) is 1. The van der Waals surface area contributed by atoms with Gasteiger partial charge < -0.3 is 10.1 Å². The Morgan fingerprint density at radius 2 is 1.62 bits per heavy atom. The van der Waals surface area contributed by atoms with Gasteiger partial charge in [0, 0.05) is 6.04 Å². The van der Waals surface area contributed by atoms with Crippen molar-refractivity contribution in [1.29, 1.82) is 0 Å². The summed E-state index contributed by atoms with van der Waals surface area (Å²) in [5.74, 6) is 0.745. The van der Waals surface area contributed by atoms with Crippen molar-refractivity contribution in [1.82, 2.24) is 5.32 Å². The van der Waals surface area contributed by atoms with Crippen molar-refractivity contribution >= 4 is 0 Å². The first kappa shape index (κ1) is 15.5. The van der Waals surface area contributed by atoms with Crippen molar-refractivity contribution in [2.45, 2.75) is 25.8 Å². The minimum absolute atomic E-state index is 0.138. The van der Waals surface area contributed by atoms with E-state index in [1.165, 1.54) is 6.07 Å². The molecule has 0 aliphatic carbocycles. The molecule has 0 bridgehead atoms. The van der Waals surface area contributed by atoms with Crippen LogP contribution in [0.4, 0.5) is 4.39 Å². The third-order valence-electron chi connectivity index (χ3n) is 3.58. The summed E-state index contributed by atoms with van der Waals surface area (Å²) < 4.78 is 19.2. The average Bonchev–Trinajstić information content (AvgIpc) is 2.50. The normalized spacial score (nSPS) is 12.1. The highest BCUT2D eigenvalue weighted by atomic mass is 19.1. The zero-order valence-electron chi connectivity index (χ0n) is 12.6. The number of hydrogen-bond acceptors (Lipinski definition) is 2. The summed E-state index contributed by atoms with van der Waals surface area (Å²) in [6, 6.07) is 15.1. The predicted molar refractivity (Wildman–Crippen MR) is 84.3 cm³/mol. The summed E-state index contributed by atoms with van der Waals surface area (Å²) in [6.07, 6.45) is 1.48. The number of rotatable bonds is 7. The van der Waals surface area contributed by atoms with Crippen LogP contribution in [0.1, 0.15) is 18.1 Å². The maximum absolute atomic E-state index is 13.8. The zero-order valence-corrected chi connectivity index (χ0v) is 12.6. The maximum Gasteiger partial charge on any atom is 0.126 e. The van der Waals surface area contributed by atoms with E-state index < -0.39 is 0 Å². The van der Waals surface area contributed by atoms with Gasteiger partial charge >= 0.3 is 0 Å². The van der Waals surface area contributed by atoms with E-state index in [2.05, 4.69) is 18.3 Å². The smallest absolute Gasteiger partial charge is 0.126 e. The number of methoxy groups -OCH3 is 1. The van der Waals surface area contributed by atoms with Crippen LogP contribution in [-0.2, 0) is 12.8 Å². The first-order valence-electron chi connectivity index (χ1n) is 7.33. The topological polar surface area (TPSA) is 21.3 Å². The van der Waals surface area contributed by atoms with E-state index in [4.69, 9.17) is 4.74 Å². The standard InChI is InChI=1S/C18H22FNO/c1-3-20-16(12-14-8-4-6-10-17(14)19)13-15-9-5-7-11-18(15)21-2/h4-11,16,20H,3,12-13H2,1-2H3. The van der Waals surface area contributed by atoms with E-state index in [-0.39, 0.29) is 11.9 Å². The van der Waals surface area contributed by atoms with E-state index in [1.807, 2.05) is 30.3 Å². The zero-order chi connectivity index (χ0) is 15.1. The van der Waals surface area contributed by atoms with Crippen molar-refractivity contribution in [2.24, 2.45) is 0 Å². The molecule has 1 unspecified atom stereocenters. The minimum atomic E-state index is -0.138. The van der Waals surface area contributed by atoms with Crippen molar-refractivity contribution in [3.8, 4) is 5.75 Å². The molecule has 0 spiro atoms. The fourth-order valence-corrected chi connectivity index (χ4v) is 2.57. The van der Waals surface area contributed by atoms with Crippen molar-refractivity contribution in [2.75, 3.05) is 13.7 Å². The molecule has 0 radical (unpaired) electrons. The lowest BCUT2D eigenvalue weighted by Crippen LogP contribution is -2.33. The molecule has 0 aromatic heterocycles. The van der Waals surface area contributed by atoms with Crippen LogP contribution in [0.5, 0.6) is 5.75 Å². The molecule has 0 aliphatic heterocycles. The van der Waals surface area contributed by atoms with Crippen molar-refractivity contribution < 1.29 is 9.13 Å². The Morgan fingerprint density at radius 3 is 2.29 bits per heavy atom. The molecule has 2 nitrogen and oxygen atoms in total. The van der Waals surface area contributed by atoms with Crippen molar-refractivity contribution in [3.05, 3.63) is 65.5 Å². The average molecular weight is 287 g/mol. The van der Waals surface area contributed by atoms with Crippen LogP contribution in [0, 0.1) is 5.82 Å². The monoisotopic (exact) mass is 287 g/mol. The van der Waals surface area contributed by atoms with Gasteiger partial charge in [0.1, 0.15) is 11.6 Å². The molecular weight excluding hydrogens is 265 g/mol. The van der Waals surface area contributed by atoms with Gasteiger partial charge in [0.2, 0.25) is 0 Å². The number of likely N-dealkylation sites (N-methyl/N-ethyl adjacent to an activating group) is 1. The van der Waals surface area contributed by atoms with Crippen LogP contribution >= 0.6 is 0 Å². The summed E-state index contributed by atoms with van der Waals surface area (Å²) in [6.45, 7) is 2.92. The first-order valence-corrected chi connectivity index (χ1v) is 7.33. The largest absolute Gasteiger partial charge is 0.496 e. The third-order valence-corrected chi connectivity index (χ3v) is 3.58. The van der Waals surface area contributed by atoms with E-state index in [9.17, 15) is 4.39 Å². The lowest BCUT2D eigenvalue weighted by atomic mass is 9.98. The molecule has 1 atom stereocenters. The Hall–Kier alpha value is -1.87. The van der Waals surface area contributed by atoms with Gasteiger partial charge in [-0.3, -0.25) is 0 Å². The van der Waals surface area contributed by atoms with Gasteiger partial charge in [0.25, 0.3) is 0 Å². The van der Waals surface area contributed by atoms with Gasteiger partial charge in [-0.2, -0.15) is 0 Å². The number of benzene rings is 2. The fourth-order valence-electron chi connectivity index (χ4n) is 2.57. The van der Waals surface area contributed by atoms with Gasteiger partial charge in [0.05, 0.1) is 7.11 Å². The van der Waals surface area contributed by atoms with Gasteiger partial charge in [0.15, 0.2) is 0 Å². The molecule has 2 aromatic rings. The minimum Gasteiger partial charge on any atom is -0.496 e. The predicted octanol–water partition coefficient (Wildman–Crippen LogP) is 3.60. The molecule has 0 heterocycles. The Balaban J connectivity index is 2.14. The number of para-hydroxylation sites is 1. The highest BCUT2D eigenvalue weighted by Gasteiger charge is 2.14. The van der Waals surface area contributed by atoms with Gasteiger partial charge in [-0.05, 0) is 42.6 Å². The van der Waals surface area contributed by atoms with Crippen LogP contribution in [0.3, 0.4) is 0 Å². The van der Waals surface area contributed by atoms with Gasteiger partial charge in [-0.1, -0.05) is 43.3 Å². The second-order valence-electron chi connectivity index (χ2n) is 5.07. The summed E-state index contributed by atoms with van der Waals surface area (Å²) in [5.41, 5.74) is 1.89. The highest BCUT2D eigenvalue weighted by Crippen LogP contribution is 2.20. The Morgan fingerprint density at radius 1 is 1.00 bits per heavy atom. The van der Waals surface area contributed by atoms with E-state index >= 15 is 0 Å². The fraction of sp³-hybridized carbons (Fsp3) is 0.333. The summed E-state index contributed by atoms with van der Waals surface area (Å²) in [5, 5.41) is 3.44. The van der Waals surface area contributed by atoms with Crippen LogP contribution in [0.25, 0.3) is 0 Å². The van der Waals surface area contributed by atoms with Crippen LogP contribution in [0.15, 0.2) is 48.5 Å². The molecule has 3 heteroatoms. The molecule has 0 fully saturated rings. The highest BCUT2D eigenvalue weighted by molar-refractivity contribution is 5.34. The first-order chi connectivity index (χ1) is 10.2. The second-order valence-corrected chi connectivity index (χ2v) is 5.07. The molecule has 2 rings (SSSR count). The number of hydrogen-bond donors (Lipinski definition) is 1. The number of halogens is 1. The van der Waals surface area contributed by atoms with Gasteiger partial charge in [-0.25, -0.2) is 4.39 Å². The summed E-state index contributed by atoms with van der Waals surface area (Å²) in [7, 11) is 1.68. The molecule has 0 amide bonds. The molecule has 112 valence electrons. The summed E-state index contributed by atoms with van der Waals surface area (Å²) >= 11 is 0. The third kappa shape index (κ3) is 4.30. The number of nitrogens with one attached hydrogen (secondary N) is 1. The maximum atomic E-state index is 13.8. The lowest BCUT2D eigenvalue weighted by molar-refractivity contribution is 0.404. The van der Waals surface area contributed by atoms with Crippen LogP contribution in [0.2, 0.25) is 0 Å². The van der Waals surface area contributed by atoms with Crippen LogP contribution < -0.4 is 10.1 Å². The quantitative estimate of drug-likeness (QED) is 0.840. The van der Waals surface area contributed by atoms with E-state index in [0.717, 1.165) is 29.8 Å². The molecule has 21 heavy (non-hydrogen) atoms. The van der Waals surface area contributed by atoms with Crippen LogP contribution in [-0.4, -0.2) is 19.7 Å². The van der Waals surface area contributed by atoms with Gasteiger partial charge in [-0.15, -0.1) is 0 Å². The second kappa shape index (κ2) is 7.79. The Labute approximate surface area is 126 Å². The summed E-state index contributed by atoms with van der Waals surface area (Å²) in [4.78, 5) is 0. The van der Waals surface area contributed by atoms with Crippen molar-refractivity contribution in [3.63, 3.8) is 0 Å². The molecule has 1 N–H and O–H groups in total. The lowest BCUT2D eigenvalue weighted by Gasteiger charge is -2.19. The van der Waals surface area contributed by atoms with E-state index in [0.29, 0.717) is 6.42 Å². The Bertz CT molecular complexity index is 571. The molecule has 0 aliphatic rings. The molecule has 0 saturated heterocycles.